The van der Waals surface area contributed by atoms with E-state index >= 15 is 0 Å². The van der Waals surface area contributed by atoms with Crippen molar-refractivity contribution in [3.63, 3.8) is 0 Å². The Morgan fingerprint density at radius 1 is 1.00 bits per heavy atom. The molecule has 0 atom stereocenters. The summed E-state index contributed by atoms with van der Waals surface area (Å²) in [6, 6.07) is 8.40. The molecule has 48 heavy (non-hydrogen) atoms. The minimum atomic E-state index is -0.425. The average molecular weight is 674 g/mol. The van der Waals surface area contributed by atoms with Crippen LogP contribution in [0.3, 0.4) is 0 Å². The number of piperazine rings is 1. The number of nitrogen functional groups attached to an aromatic ring is 1. The molecule has 2 aliphatic heterocycles. The summed E-state index contributed by atoms with van der Waals surface area (Å²) in [4.78, 5) is 52.2. The van der Waals surface area contributed by atoms with Gasteiger partial charge in [-0.05, 0) is 36.8 Å². The smallest absolute Gasteiger partial charge is 0.291 e. The second kappa shape index (κ2) is 13.4. The molecule has 4 aromatic rings. The van der Waals surface area contributed by atoms with Crippen LogP contribution in [0, 0.1) is 5.92 Å². The lowest BCUT2D eigenvalue weighted by atomic mass is 9.94. The molecule has 5 heterocycles. The van der Waals surface area contributed by atoms with E-state index in [9.17, 15) is 14.4 Å². The Labute approximate surface area is 284 Å². The highest BCUT2D eigenvalue weighted by molar-refractivity contribution is 6.34. The quantitative estimate of drug-likeness (QED) is 0.286. The number of rotatable bonds is 7. The van der Waals surface area contributed by atoms with Crippen LogP contribution in [0.2, 0.25) is 5.02 Å². The van der Waals surface area contributed by atoms with E-state index in [0.29, 0.717) is 55.4 Å². The molecule has 0 radical (unpaired) electrons. The number of aromatic nitrogens is 5. The van der Waals surface area contributed by atoms with Gasteiger partial charge in [-0.2, -0.15) is 5.10 Å². The summed E-state index contributed by atoms with van der Waals surface area (Å²) < 4.78 is 4.35. The lowest BCUT2D eigenvalue weighted by Crippen LogP contribution is -2.54. The SMILES string of the molecule is CCc1nn(-c2ccc(N)cn2)cc1-c1cnc(C(=O)Nc2ccc(C(=O)N3CCN(C(=O)C4CC[N+](C)(C)CC4)CC3)c(Cl)c2)n1C. The van der Waals surface area contributed by atoms with Crippen molar-refractivity contribution < 1.29 is 18.9 Å². The summed E-state index contributed by atoms with van der Waals surface area (Å²) in [5.41, 5.74) is 9.52. The fourth-order valence-corrected chi connectivity index (χ4v) is 6.69. The maximum absolute atomic E-state index is 13.4. The number of piperidine rings is 1. The Morgan fingerprint density at radius 3 is 2.35 bits per heavy atom. The number of benzene rings is 1. The van der Waals surface area contributed by atoms with Crippen molar-refractivity contribution in [1.82, 2.24) is 34.1 Å². The number of amides is 3. The molecule has 0 aliphatic carbocycles. The number of nitrogens with zero attached hydrogens (tertiary/aromatic N) is 8. The second-order valence-corrected chi connectivity index (χ2v) is 13.6. The second-order valence-electron chi connectivity index (χ2n) is 13.2. The zero-order chi connectivity index (χ0) is 34.2. The highest BCUT2D eigenvalue weighted by atomic mass is 35.5. The molecule has 3 aromatic heterocycles. The Morgan fingerprint density at radius 2 is 1.71 bits per heavy atom. The summed E-state index contributed by atoms with van der Waals surface area (Å²) in [6.45, 7) is 5.93. The molecular formula is C34H42ClN10O3+. The summed E-state index contributed by atoms with van der Waals surface area (Å²) >= 11 is 6.58. The van der Waals surface area contributed by atoms with Gasteiger partial charge in [-0.3, -0.25) is 14.4 Å². The third-order valence-electron chi connectivity index (χ3n) is 9.45. The number of carbonyl (C=O) groups is 3. The number of hydrogen-bond acceptors (Lipinski definition) is 7. The van der Waals surface area contributed by atoms with E-state index in [0.717, 1.165) is 47.4 Å². The largest absolute Gasteiger partial charge is 0.397 e. The van der Waals surface area contributed by atoms with Crippen LogP contribution < -0.4 is 11.1 Å². The molecular weight excluding hydrogens is 632 g/mol. The lowest BCUT2D eigenvalue weighted by Gasteiger charge is -2.40. The van der Waals surface area contributed by atoms with Crippen molar-refractivity contribution in [3.05, 3.63) is 71.0 Å². The molecule has 2 fully saturated rings. The van der Waals surface area contributed by atoms with Gasteiger partial charge in [0.2, 0.25) is 5.91 Å². The van der Waals surface area contributed by atoms with E-state index in [4.69, 9.17) is 17.3 Å². The Kier molecular flexibility index (Phi) is 9.26. The first-order valence-electron chi connectivity index (χ1n) is 16.3. The number of nitrogens with one attached hydrogen (secondary N) is 1. The van der Waals surface area contributed by atoms with Gasteiger partial charge in [0, 0.05) is 69.4 Å². The highest BCUT2D eigenvalue weighted by Crippen LogP contribution is 2.28. The van der Waals surface area contributed by atoms with Crippen LogP contribution in [-0.2, 0) is 18.3 Å². The van der Waals surface area contributed by atoms with E-state index < -0.39 is 5.91 Å². The predicted octanol–water partition coefficient (Wildman–Crippen LogP) is 3.49. The van der Waals surface area contributed by atoms with Crippen molar-refractivity contribution in [2.45, 2.75) is 26.2 Å². The third-order valence-corrected chi connectivity index (χ3v) is 9.76. The number of halogens is 1. The van der Waals surface area contributed by atoms with Crippen molar-refractivity contribution in [2.75, 3.05) is 64.4 Å². The highest BCUT2D eigenvalue weighted by Gasteiger charge is 2.35. The van der Waals surface area contributed by atoms with Gasteiger partial charge < -0.3 is 29.9 Å². The molecule has 2 aliphatic rings. The molecule has 2 saturated heterocycles. The topological polar surface area (TPSA) is 144 Å². The van der Waals surface area contributed by atoms with Crippen LogP contribution in [0.4, 0.5) is 11.4 Å². The number of aryl methyl sites for hydroxylation is 1. The van der Waals surface area contributed by atoms with Crippen molar-refractivity contribution in [3.8, 4) is 17.1 Å². The molecule has 0 saturated carbocycles. The van der Waals surface area contributed by atoms with Crippen molar-refractivity contribution in [1.29, 1.82) is 0 Å². The fraction of sp³-hybridized carbons (Fsp3) is 0.412. The van der Waals surface area contributed by atoms with Crippen LogP contribution >= 0.6 is 11.6 Å². The number of likely N-dealkylation sites (tertiary alicyclic amines) is 1. The van der Waals surface area contributed by atoms with E-state index in [1.165, 1.54) is 0 Å². The van der Waals surface area contributed by atoms with Crippen LogP contribution in [0.15, 0.2) is 48.9 Å². The predicted molar refractivity (Wildman–Crippen MR) is 184 cm³/mol. The van der Waals surface area contributed by atoms with Crippen LogP contribution in [0.5, 0.6) is 0 Å². The first kappa shape index (κ1) is 33.2. The van der Waals surface area contributed by atoms with E-state index in [1.807, 2.05) is 18.0 Å². The summed E-state index contributed by atoms with van der Waals surface area (Å²) in [5, 5.41) is 7.76. The first-order valence-corrected chi connectivity index (χ1v) is 16.7. The van der Waals surface area contributed by atoms with Gasteiger partial charge in [0.25, 0.3) is 11.8 Å². The Balaban J connectivity index is 1.08. The standard InChI is InChI=1S/C34H41ClN10O3/c1-5-28-26(21-44(40-28)30-9-6-23(36)19-37-30)29-20-38-31(41(29)2)32(46)39-24-7-8-25(27(35)18-24)34(48)43-14-12-42(13-15-43)33(47)22-10-16-45(3,4)17-11-22/h6-9,18-22H,5,10-17,36H2,1-4H3/p+1. The Hall–Kier alpha value is -4.75. The number of carbonyl (C=O) groups excluding carboxylic acids is 3. The van der Waals surface area contributed by atoms with Gasteiger partial charge in [-0.15, -0.1) is 0 Å². The Bertz CT molecular complexity index is 1830. The zero-order valence-electron chi connectivity index (χ0n) is 27.8. The monoisotopic (exact) mass is 673 g/mol. The summed E-state index contributed by atoms with van der Waals surface area (Å²) in [5.74, 6) is 0.474. The van der Waals surface area contributed by atoms with Gasteiger partial charge in [0.1, 0.15) is 0 Å². The minimum Gasteiger partial charge on any atom is -0.397 e. The molecule has 14 heteroatoms. The van der Waals surface area contributed by atoms with E-state index in [-0.39, 0.29) is 28.6 Å². The third kappa shape index (κ3) is 6.78. The average Bonchev–Trinajstić information content (AvgIpc) is 3.68. The molecule has 13 nitrogen and oxygen atoms in total. The molecule has 0 unspecified atom stereocenters. The van der Waals surface area contributed by atoms with Crippen molar-refractivity contribution >= 4 is 40.7 Å². The maximum Gasteiger partial charge on any atom is 0.291 e. The van der Waals surface area contributed by atoms with Crippen molar-refractivity contribution in [2.24, 2.45) is 13.0 Å². The number of pyridine rings is 1. The molecule has 252 valence electrons. The molecule has 3 N–H and O–H groups in total. The number of quaternary nitrogens is 1. The zero-order valence-corrected chi connectivity index (χ0v) is 28.6. The van der Waals surface area contributed by atoms with Crippen LogP contribution in [0.1, 0.15) is 46.4 Å². The minimum absolute atomic E-state index is 0.0682. The van der Waals surface area contributed by atoms with E-state index in [1.54, 1.807) is 63.9 Å². The fourth-order valence-electron chi connectivity index (χ4n) is 6.43. The van der Waals surface area contributed by atoms with Gasteiger partial charge in [-0.1, -0.05) is 18.5 Å². The number of hydrogen-bond donors (Lipinski definition) is 2. The first-order chi connectivity index (χ1) is 22.9. The molecule has 6 rings (SSSR count). The van der Waals surface area contributed by atoms with Gasteiger partial charge in [0.15, 0.2) is 11.6 Å². The number of nitrogens with two attached hydrogens (primary N) is 1. The molecule has 3 amide bonds. The lowest BCUT2D eigenvalue weighted by molar-refractivity contribution is -0.895. The number of anilines is 2. The maximum atomic E-state index is 13.4. The van der Waals surface area contributed by atoms with Gasteiger partial charge >= 0.3 is 0 Å². The van der Waals surface area contributed by atoms with Gasteiger partial charge in [-0.25, -0.2) is 14.6 Å². The number of imidazole rings is 1. The van der Waals surface area contributed by atoms with Gasteiger partial charge in [0.05, 0.1) is 67.2 Å². The molecule has 1 aromatic carbocycles. The molecule has 0 bridgehead atoms. The normalized spacial score (nSPS) is 16.6. The molecule has 0 spiro atoms. The van der Waals surface area contributed by atoms with E-state index in [2.05, 4.69) is 34.5 Å². The summed E-state index contributed by atoms with van der Waals surface area (Å²) in [6.07, 6.45) is 7.55. The van der Waals surface area contributed by atoms with Crippen LogP contribution in [0.25, 0.3) is 17.1 Å². The van der Waals surface area contributed by atoms with Crippen LogP contribution in [-0.4, -0.2) is 110 Å². The summed E-state index contributed by atoms with van der Waals surface area (Å²) in [7, 11) is 6.18.